The van der Waals surface area contributed by atoms with Crippen LogP contribution in [0, 0.1) is 5.92 Å². The highest BCUT2D eigenvalue weighted by Gasteiger charge is 2.36. The van der Waals surface area contributed by atoms with Crippen molar-refractivity contribution in [3.05, 3.63) is 92.6 Å². The molecule has 1 aliphatic heterocycles. The Balaban J connectivity index is 1.64. The van der Waals surface area contributed by atoms with Crippen LogP contribution in [0.2, 0.25) is 10.0 Å². The number of rotatable bonds is 7. The van der Waals surface area contributed by atoms with Crippen LogP contribution in [0.5, 0.6) is 11.5 Å². The van der Waals surface area contributed by atoms with Gasteiger partial charge in [0.15, 0.2) is 11.2 Å². The molecule has 2 heterocycles. The Morgan fingerprint density at radius 2 is 1.62 bits per heavy atom. The smallest absolute Gasteiger partial charge is 0.197 e. The Labute approximate surface area is 248 Å². The van der Waals surface area contributed by atoms with Crippen LogP contribution in [-0.4, -0.2) is 23.9 Å². The van der Waals surface area contributed by atoms with Crippen LogP contribution in [0.15, 0.2) is 81.4 Å². The van der Waals surface area contributed by atoms with Gasteiger partial charge in [0.1, 0.15) is 11.5 Å². The highest BCUT2D eigenvalue weighted by atomic mass is 35.5. The lowest BCUT2D eigenvalue weighted by molar-refractivity contribution is 0.0968. The molecule has 0 radical (unpaired) electrons. The number of fused-ring (bicyclic) bond motifs is 4. The molecule has 4 nitrogen and oxygen atoms in total. The van der Waals surface area contributed by atoms with Crippen molar-refractivity contribution in [2.75, 3.05) is 13.2 Å². The number of halogens is 2. The van der Waals surface area contributed by atoms with Gasteiger partial charge in [-0.2, -0.15) is 0 Å². The highest BCUT2D eigenvalue weighted by Crippen LogP contribution is 2.52. The van der Waals surface area contributed by atoms with E-state index in [0.717, 1.165) is 36.9 Å². The summed E-state index contributed by atoms with van der Waals surface area (Å²) in [6.45, 7) is 5.16. The molecule has 0 spiro atoms. The predicted molar refractivity (Wildman–Crippen MR) is 169 cm³/mol. The first-order valence-electron chi connectivity index (χ1n) is 13.2. The van der Waals surface area contributed by atoms with Gasteiger partial charge < -0.3 is 9.47 Å². The van der Waals surface area contributed by atoms with E-state index in [-0.39, 0.29) is 11.2 Å². The maximum Gasteiger partial charge on any atom is 0.197 e. The SMILES string of the molecule is CCCOc1ccc(Cl)c2c1S(c1ccc3sc4c(OCCC)ccc(Cl)c4c(=O)c3c1)=C1C=CC=CC1C2=O. The summed E-state index contributed by atoms with van der Waals surface area (Å²) < 4.78 is 13.7. The molecule has 0 saturated carbocycles. The topological polar surface area (TPSA) is 52.6 Å². The summed E-state index contributed by atoms with van der Waals surface area (Å²) >= 11 is 14.8. The van der Waals surface area contributed by atoms with Crippen molar-refractivity contribution in [2.24, 2.45) is 5.92 Å². The second-order valence-electron chi connectivity index (χ2n) is 9.58. The van der Waals surface area contributed by atoms with Crippen LogP contribution in [0.3, 0.4) is 0 Å². The van der Waals surface area contributed by atoms with Crippen molar-refractivity contribution in [3.8, 4) is 11.5 Å². The summed E-state index contributed by atoms with van der Waals surface area (Å²) in [5, 5.41) is 1.86. The Hall–Kier alpha value is -2.90. The maximum absolute atomic E-state index is 14.0. The molecule has 1 aromatic heterocycles. The van der Waals surface area contributed by atoms with Crippen molar-refractivity contribution in [3.63, 3.8) is 0 Å². The zero-order valence-corrected chi connectivity index (χ0v) is 25.1. The normalized spacial score (nSPS) is 17.8. The first-order valence-corrected chi connectivity index (χ1v) is 16.0. The molecule has 2 aliphatic rings. The van der Waals surface area contributed by atoms with Gasteiger partial charge in [-0.05, 0) is 60.2 Å². The van der Waals surface area contributed by atoms with Crippen LogP contribution in [0.25, 0.3) is 20.2 Å². The van der Waals surface area contributed by atoms with Crippen LogP contribution >= 0.6 is 45.0 Å². The molecule has 0 bridgehead atoms. The van der Waals surface area contributed by atoms with E-state index in [2.05, 4.69) is 0 Å². The molecule has 6 rings (SSSR count). The van der Waals surface area contributed by atoms with E-state index in [9.17, 15) is 9.59 Å². The Morgan fingerprint density at radius 1 is 0.900 bits per heavy atom. The van der Waals surface area contributed by atoms with E-state index in [1.807, 2.05) is 68.5 Å². The average molecular weight is 610 g/mol. The maximum atomic E-state index is 14.0. The minimum Gasteiger partial charge on any atom is -0.492 e. The molecule has 2 unspecified atom stereocenters. The third-order valence-electron chi connectivity index (χ3n) is 6.89. The second kappa shape index (κ2) is 11.2. The number of ether oxygens (including phenoxy) is 2. The summed E-state index contributed by atoms with van der Waals surface area (Å²) in [4.78, 5) is 30.3. The minimum atomic E-state index is -0.701. The first kappa shape index (κ1) is 27.3. The van der Waals surface area contributed by atoms with Crippen LogP contribution in [0.1, 0.15) is 37.0 Å². The minimum absolute atomic E-state index is 0.0359. The quantitative estimate of drug-likeness (QED) is 0.155. The third-order valence-corrected chi connectivity index (χ3v) is 11.1. The molecule has 0 fully saturated rings. The monoisotopic (exact) mass is 608 g/mol. The Kier molecular flexibility index (Phi) is 7.62. The van der Waals surface area contributed by atoms with E-state index in [4.69, 9.17) is 32.7 Å². The third kappa shape index (κ3) is 4.51. The van der Waals surface area contributed by atoms with Gasteiger partial charge in [0, 0.05) is 15.0 Å². The van der Waals surface area contributed by atoms with Gasteiger partial charge in [-0.1, -0.05) is 61.4 Å². The number of carbonyl (C=O) groups is 1. The number of ketones is 1. The lowest BCUT2D eigenvalue weighted by Gasteiger charge is -2.31. The zero-order chi connectivity index (χ0) is 28.0. The summed E-state index contributed by atoms with van der Waals surface area (Å²) in [5.74, 6) is 0.859. The molecular weight excluding hydrogens is 583 g/mol. The molecular formula is C32H26Cl2O4S2. The van der Waals surface area contributed by atoms with Crippen molar-refractivity contribution in [2.45, 2.75) is 36.5 Å². The number of allylic oxidation sites excluding steroid dienone is 4. The molecule has 204 valence electrons. The largest absolute Gasteiger partial charge is 0.492 e. The van der Waals surface area contributed by atoms with E-state index in [1.165, 1.54) is 11.3 Å². The number of carbonyl (C=O) groups excluding carboxylic acids is 1. The number of hydrogen-bond donors (Lipinski definition) is 0. The standard InChI is InChI=1S/C32H26Cl2O4S2/c1-3-15-37-23-12-10-21(33)27-30(36)20-17-18(9-14-25(20)39-31(23)27)40-26-8-6-5-7-19(26)29(35)28-22(34)11-13-24(32(28)40)38-16-4-2/h5-14,17,19H,3-4,15-16H2,1-2H3. The fraction of sp³-hybridized carbons (Fsp3) is 0.219. The fourth-order valence-corrected chi connectivity index (χ4v) is 9.42. The average Bonchev–Trinajstić information content (AvgIpc) is 2.96. The van der Waals surface area contributed by atoms with Gasteiger partial charge >= 0.3 is 0 Å². The van der Waals surface area contributed by atoms with E-state index < -0.39 is 16.4 Å². The van der Waals surface area contributed by atoms with Crippen LogP contribution in [-0.2, 0) is 0 Å². The number of hydrogen-bond acceptors (Lipinski definition) is 5. The molecule has 0 N–H and O–H groups in total. The van der Waals surface area contributed by atoms with E-state index in [0.29, 0.717) is 51.1 Å². The Bertz CT molecular complexity index is 1850. The van der Waals surface area contributed by atoms with Crippen molar-refractivity contribution in [1.29, 1.82) is 0 Å². The van der Waals surface area contributed by atoms with Gasteiger partial charge in [0.2, 0.25) is 0 Å². The van der Waals surface area contributed by atoms with Gasteiger partial charge in [-0.15, -0.1) is 21.8 Å². The summed E-state index contributed by atoms with van der Waals surface area (Å²) in [6.07, 6.45) is 9.47. The molecule has 0 saturated heterocycles. The fourth-order valence-electron chi connectivity index (χ4n) is 5.09. The van der Waals surface area contributed by atoms with Crippen molar-refractivity contribution < 1.29 is 14.3 Å². The van der Waals surface area contributed by atoms with Gasteiger partial charge in [0.25, 0.3) is 0 Å². The second-order valence-corrected chi connectivity index (χ2v) is 13.4. The van der Waals surface area contributed by atoms with E-state index >= 15 is 0 Å². The molecule has 3 aromatic carbocycles. The summed E-state index contributed by atoms with van der Waals surface area (Å²) in [5.41, 5.74) is 0.362. The van der Waals surface area contributed by atoms with Crippen molar-refractivity contribution >= 4 is 75.8 Å². The number of benzene rings is 3. The van der Waals surface area contributed by atoms with Crippen molar-refractivity contribution in [1.82, 2.24) is 0 Å². The molecule has 2 atom stereocenters. The zero-order valence-electron chi connectivity index (χ0n) is 22.0. The molecule has 0 amide bonds. The first-order chi connectivity index (χ1) is 19.4. The lowest BCUT2D eigenvalue weighted by Crippen LogP contribution is -2.28. The van der Waals surface area contributed by atoms with Crippen LogP contribution in [0.4, 0.5) is 0 Å². The summed E-state index contributed by atoms with van der Waals surface area (Å²) in [6, 6.07) is 13.1. The Morgan fingerprint density at radius 3 is 2.40 bits per heavy atom. The van der Waals surface area contributed by atoms with E-state index in [1.54, 1.807) is 12.1 Å². The molecule has 40 heavy (non-hydrogen) atoms. The highest BCUT2D eigenvalue weighted by molar-refractivity contribution is 8.16. The lowest BCUT2D eigenvalue weighted by atomic mass is 9.91. The predicted octanol–water partition coefficient (Wildman–Crippen LogP) is 9.10. The summed E-state index contributed by atoms with van der Waals surface area (Å²) in [7, 11) is -0.701. The number of Topliss-reactive ketones (excluding diaryl/α,β-unsaturated/α-hetero) is 1. The van der Waals surface area contributed by atoms with Gasteiger partial charge in [-0.25, -0.2) is 0 Å². The van der Waals surface area contributed by atoms with Gasteiger partial charge in [0.05, 0.1) is 49.7 Å². The van der Waals surface area contributed by atoms with Crippen LogP contribution < -0.4 is 14.9 Å². The van der Waals surface area contributed by atoms with Gasteiger partial charge in [-0.3, -0.25) is 9.59 Å². The molecule has 1 aliphatic carbocycles. The molecule has 4 aromatic rings. The molecule has 8 heteroatoms.